The van der Waals surface area contributed by atoms with E-state index >= 15 is 0 Å². The number of rotatable bonds is 10. The van der Waals surface area contributed by atoms with E-state index in [1.165, 1.54) is 12.0 Å². The first kappa shape index (κ1) is 23.7. The van der Waals surface area contributed by atoms with E-state index in [0.717, 1.165) is 76.1 Å². The van der Waals surface area contributed by atoms with Crippen LogP contribution in [0, 0.1) is 0 Å². The van der Waals surface area contributed by atoms with Crippen molar-refractivity contribution >= 4 is 5.96 Å². The van der Waals surface area contributed by atoms with Gasteiger partial charge < -0.3 is 29.7 Å². The number of hydrogen-bond donors (Lipinski definition) is 2. The van der Waals surface area contributed by atoms with Gasteiger partial charge in [-0.25, -0.2) is 0 Å². The molecule has 1 aromatic carbocycles. The van der Waals surface area contributed by atoms with Crippen molar-refractivity contribution in [1.82, 2.24) is 15.5 Å². The predicted octanol–water partition coefficient (Wildman–Crippen LogP) is 3.14. The number of nitrogens with zero attached hydrogens (tertiary/aromatic N) is 2. The topological polar surface area (TPSA) is 67.4 Å². The van der Waals surface area contributed by atoms with E-state index in [9.17, 15) is 0 Å². The minimum atomic E-state index is -0.0111. The lowest BCUT2D eigenvalue weighted by atomic mass is 9.74. The molecule has 2 N–H and O–H groups in total. The zero-order valence-electron chi connectivity index (χ0n) is 19.7. The highest BCUT2D eigenvalue weighted by molar-refractivity contribution is 5.80. The molecule has 7 heteroatoms. The van der Waals surface area contributed by atoms with Gasteiger partial charge in [0.15, 0.2) is 17.5 Å². The van der Waals surface area contributed by atoms with E-state index in [1.807, 2.05) is 13.1 Å². The second-order valence-electron chi connectivity index (χ2n) is 8.60. The summed E-state index contributed by atoms with van der Waals surface area (Å²) in [5.41, 5.74) is 1.26. The molecule has 174 valence electrons. The first-order valence-electron chi connectivity index (χ1n) is 11.8. The zero-order valence-corrected chi connectivity index (χ0v) is 19.7. The van der Waals surface area contributed by atoms with E-state index in [1.54, 1.807) is 0 Å². The van der Waals surface area contributed by atoms with Gasteiger partial charge in [0, 0.05) is 38.3 Å². The van der Waals surface area contributed by atoms with Crippen molar-refractivity contribution in [2.24, 2.45) is 4.99 Å². The van der Waals surface area contributed by atoms with Crippen LogP contribution in [0.4, 0.5) is 0 Å². The summed E-state index contributed by atoms with van der Waals surface area (Å²) in [6.45, 7) is 12.7. The van der Waals surface area contributed by atoms with Crippen molar-refractivity contribution in [3.05, 3.63) is 23.8 Å². The average molecular weight is 433 g/mol. The van der Waals surface area contributed by atoms with Crippen molar-refractivity contribution in [2.75, 3.05) is 53.2 Å². The number of hydrogen-bond acceptors (Lipinski definition) is 5. The summed E-state index contributed by atoms with van der Waals surface area (Å²) in [5, 5.41) is 7.17. The second-order valence-corrected chi connectivity index (χ2v) is 8.60. The van der Waals surface area contributed by atoms with E-state index in [4.69, 9.17) is 14.2 Å². The molecule has 2 heterocycles. The molecule has 0 amide bonds. The van der Waals surface area contributed by atoms with Crippen LogP contribution in [0.2, 0.25) is 0 Å². The quantitative estimate of drug-likeness (QED) is 0.437. The lowest BCUT2D eigenvalue weighted by molar-refractivity contribution is 0.0513. The fourth-order valence-corrected chi connectivity index (χ4v) is 4.47. The molecule has 1 saturated heterocycles. The van der Waals surface area contributed by atoms with Gasteiger partial charge >= 0.3 is 0 Å². The number of fused-ring (bicyclic) bond motifs is 1. The molecule has 1 fully saturated rings. The fourth-order valence-electron chi connectivity index (χ4n) is 4.47. The van der Waals surface area contributed by atoms with Crippen LogP contribution in [0.15, 0.2) is 23.2 Å². The Morgan fingerprint density at radius 2 is 1.90 bits per heavy atom. The number of aliphatic imine (C=N–C) groups is 1. The van der Waals surface area contributed by atoms with Gasteiger partial charge in [-0.1, -0.05) is 19.9 Å². The third-order valence-electron chi connectivity index (χ3n) is 6.64. The summed E-state index contributed by atoms with van der Waals surface area (Å²) < 4.78 is 16.8. The predicted molar refractivity (Wildman–Crippen MR) is 125 cm³/mol. The summed E-state index contributed by atoms with van der Waals surface area (Å²) in [6.07, 6.45) is 4.25. The minimum absolute atomic E-state index is 0.0111. The van der Waals surface area contributed by atoms with E-state index in [0.29, 0.717) is 12.8 Å². The van der Waals surface area contributed by atoms with Crippen LogP contribution >= 0.6 is 0 Å². The third kappa shape index (κ3) is 6.26. The highest BCUT2D eigenvalue weighted by atomic mass is 16.7. The van der Waals surface area contributed by atoms with Gasteiger partial charge in [0.2, 0.25) is 6.79 Å². The molecule has 7 nitrogen and oxygen atoms in total. The van der Waals surface area contributed by atoms with Crippen LogP contribution in [0.25, 0.3) is 0 Å². The standard InChI is InChI=1S/C24H40N4O3/c1-5-28(6-2)13-7-8-19(3)27-23(25-4)26-17-24(11-14-29-15-12-24)20-9-10-21-22(16-20)31-18-30-21/h9-10,16,19H,5-8,11-15,17-18H2,1-4H3,(H2,25,26,27). The van der Waals surface area contributed by atoms with Crippen molar-refractivity contribution in [3.8, 4) is 11.5 Å². The van der Waals surface area contributed by atoms with Gasteiger partial charge in [-0.05, 0) is 69.9 Å². The Balaban J connectivity index is 1.57. The van der Waals surface area contributed by atoms with Gasteiger partial charge in [0.1, 0.15) is 0 Å². The average Bonchev–Trinajstić information content (AvgIpc) is 3.28. The van der Waals surface area contributed by atoms with Gasteiger partial charge in [-0.3, -0.25) is 4.99 Å². The molecular formula is C24H40N4O3. The molecule has 0 bridgehead atoms. The smallest absolute Gasteiger partial charge is 0.231 e. The summed E-state index contributed by atoms with van der Waals surface area (Å²) in [7, 11) is 1.84. The van der Waals surface area contributed by atoms with Gasteiger partial charge in [-0.15, -0.1) is 0 Å². The normalized spacial score (nSPS) is 18.8. The van der Waals surface area contributed by atoms with Crippen molar-refractivity contribution < 1.29 is 14.2 Å². The molecule has 0 aliphatic carbocycles. The van der Waals surface area contributed by atoms with Gasteiger partial charge in [0.05, 0.1) is 0 Å². The Morgan fingerprint density at radius 3 is 2.61 bits per heavy atom. The van der Waals surface area contributed by atoms with Crippen LogP contribution in [-0.4, -0.2) is 70.1 Å². The van der Waals surface area contributed by atoms with Crippen molar-refractivity contribution in [3.63, 3.8) is 0 Å². The molecule has 0 spiro atoms. The minimum Gasteiger partial charge on any atom is -0.454 e. The second kappa shape index (κ2) is 11.6. The number of benzene rings is 1. The molecule has 31 heavy (non-hydrogen) atoms. The molecular weight excluding hydrogens is 392 g/mol. The summed E-state index contributed by atoms with van der Waals surface area (Å²) in [5.74, 6) is 2.53. The highest BCUT2D eigenvalue weighted by Crippen LogP contribution is 2.40. The molecule has 0 aromatic heterocycles. The Labute approximate surface area is 187 Å². The molecule has 2 aliphatic heterocycles. The lowest BCUT2D eigenvalue weighted by Gasteiger charge is -2.38. The monoisotopic (exact) mass is 432 g/mol. The van der Waals surface area contributed by atoms with E-state index in [2.05, 4.69) is 53.4 Å². The Bertz CT molecular complexity index is 715. The van der Waals surface area contributed by atoms with Crippen LogP contribution < -0.4 is 20.1 Å². The summed E-state index contributed by atoms with van der Waals surface area (Å²) in [4.78, 5) is 6.95. The Morgan fingerprint density at radius 1 is 1.16 bits per heavy atom. The zero-order chi connectivity index (χ0) is 22.1. The molecule has 1 atom stereocenters. The summed E-state index contributed by atoms with van der Waals surface area (Å²) in [6, 6.07) is 6.71. The first-order chi connectivity index (χ1) is 15.1. The number of ether oxygens (including phenoxy) is 3. The largest absolute Gasteiger partial charge is 0.454 e. The Hall–Kier alpha value is -1.99. The molecule has 2 aliphatic rings. The van der Waals surface area contributed by atoms with Crippen LogP contribution in [0.1, 0.15) is 52.0 Å². The fraction of sp³-hybridized carbons (Fsp3) is 0.708. The van der Waals surface area contributed by atoms with Crippen LogP contribution in [0.3, 0.4) is 0 Å². The first-order valence-corrected chi connectivity index (χ1v) is 11.8. The lowest BCUT2D eigenvalue weighted by Crippen LogP contribution is -2.49. The highest BCUT2D eigenvalue weighted by Gasteiger charge is 2.36. The SMILES string of the molecule is CCN(CC)CCCC(C)NC(=NC)NCC1(c2ccc3c(c2)OCO3)CCOCC1. The van der Waals surface area contributed by atoms with Crippen molar-refractivity contribution in [1.29, 1.82) is 0 Å². The third-order valence-corrected chi connectivity index (χ3v) is 6.64. The molecule has 3 rings (SSSR count). The maximum atomic E-state index is 5.69. The molecule has 1 aromatic rings. The number of nitrogens with one attached hydrogen (secondary N) is 2. The molecule has 0 saturated carbocycles. The molecule has 1 unspecified atom stereocenters. The molecule has 0 radical (unpaired) electrons. The van der Waals surface area contributed by atoms with Gasteiger partial charge in [-0.2, -0.15) is 0 Å². The maximum Gasteiger partial charge on any atom is 0.231 e. The van der Waals surface area contributed by atoms with Crippen LogP contribution in [0.5, 0.6) is 11.5 Å². The summed E-state index contributed by atoms with van der Waals surface area (Å²) >= 11 is 0. The van der Waals surface area contributed by atoms with Crippen LogP contribution in [-0.2, 0) is 10.2 Å². The Kier molecular flexibility index (Phi) is 8.84. The van der Waals surface area contributed by atoms with E-state index in [-0.39, 0.29) is 5.41 Å². The maximum absolute atomic E-state index is 5.69. The van der Waals surface area contributed by atoms with Gasteiger partial charge in [0.25, 0.3) is 0 Å². The van der Waals surface area contributed by atoms with E-state index < -0.39 is 0 Å². The number of guanidine groups is 1. The van der Waals surface area contributed by atoms with Crippen molar-refractivity contribution in [2.45, 2.75) is 57.9 Å².